The van der Waals surface area contributed by atoms with Gasteiger partial charge in [-0.2, -0.15) is 0 Å². The monoisotopic (exact) mass is 406 g/mol. The molecule has 12 nitrogen and oxygen atoms in total. The van der Waals surface area contributed by atoms with E-state index in [0.717, 1.165) is 0 Å². The van der Waals surface area contributed by atoms with Crippen LogP contribution in [-0.4, -0.2) is 103 Å². The van der Waals surface area contributed by atoms with Crippen molar-refractivity contribution in [1.82, 2.24) is 10.6 Å². The molecule has 1 aliphatic heterocycles. The molecule has 2 amide bonds. The van der Waals surface area contributed by atoms with Crippen LogP contribution in [0.4, 0.5) is 0 Å². The maximum Gasteiger partial charge on any atom is 0.332 e. The van der Waals surface area contributed by atoms with E-state index >= 15 is 0 Å². The lowest BCUT2D eigenvalue weighted by Gasteiger charge is -2.10. The van der Waals surface area contributed by atoms with Crippen LogP contribution in [0.3, 0.4) is 0 Å². The summed E-state index contributed by atoms with van der Waals surface area (Å²) in [5, 5.41) is 5.10. The molecule has 1 rings (SSSR count). The van der Waals surface area contributed by atoms with Gasteiger partial charge in [0.2, 0.25) is 11.8 Å². The lowest BCUT2D eigenvalue weighted by molar-refractivity contribution is -0.152. The number of ether oxygens (including phenoxy) is 6. The molecule has 1 fully saturated rings. The SMILES string of the molecule is O=C1COCC(=O)OCCOCCOC(=O)COCC(=O)NCCOCCN1. The Bertz CT molecular complexity index is 416. The van der Waals surface area contributed by atoms with E-state index in [9.17, 15) is 19.2 Å². The summed E-state index contributed by atoms with van der Waals surface area (Å²) in [6.45, 7) is -0.0799. The molecule has 1 heterocycles. The molecule has 0 aromatic heterocycles. The van der Waals surface area contributed by atoms with Gasteiger partial charge in [-0.05, 0) is 0 Å². The first-order valence-electron chi connectivity index (χ1n) is 8.73. The highest BCUT2D eigenvalue weighted by atomic mass is 16.6. The molecule has 0 atom stereocenters. The molecular formula is C16H26N2O10. The number of cyclic esters (lactones) is 2. The summed E-state index contributed by atoms with van der Waals surface area (Å²) in [5.74, 6) is -2.04. The molecule has 160 valence electrons. The second-order valence-electron chi connectivity index (χ2n) is 5.35. The van der Waals surface area contributed by atoms with Crippen LogP contribution in [0.25, 0.3) is 0 Å². The topological polar surface area (TPSA) is 148 Å². The zero-order valence-electron chi connectivity index (χ0n) is 15.6. The molecule has 0 radical (unpaired) electrons. The Kier molecular flexibility index (Phi) is 13.4. The molecule has 2 N–H and O–H groups in total. The molecule has 0 saturated carbocycles. The van der Waals surface area contributed by atoms with E-state index in [4.69, 9.17) is 28.4 Å². The fourth-order valence-corrected chi connectivity index (χ4v) is 1.80. The van der Waals surface area contributed by atoms with Gasteiger partial charge >= 0.3 is 11.9 Å². The number of nitrogens with one attached hydrogen (secondary N) is 2. The van der Waals surface area contributed by atoms with Crippen molar-refractivity contribution in [3.8, 4) is 0 Å². The molecule has 1 aliphatic rings. The fraction of sp³-hybridized carbons (Fsp3) is 0.750. The van der Waals surface area contributed by atoms with Gasteiger partial charge in [-0.25, -0.2) is 9.59 Å². The number of amides is 2. The van der Waals surface area contributed by atoms with Crippen molar-refractivity contribution >= 4 is 23.8 Å². The molecule has 0 spiro atoms. The lowest BCUT2D eigenvalue weighted by atomic mass is 10.5. The number of carbonyl (C=O) groups excluding carboxylic acids is 4. The summed E-state index contributed by atoms with van der Waals surface area (Å²) in [4.78, 5) is 45.8. The third-order valence-electron chi connectivity index (χ3n) is 3.02. The van der Waals surface area contributed by atoms with Crippen LogP contribution in [0.5, 0.6) is 0 Å². The Balaban J connectivity index is 2.29. The van der Waals surface area contributed by atoms with Crippen molar-refractivity contribution in [1.29, 1.82) is 0 Å². The highest BCUT2D eigenvalue weighted by Gasteiger charge is 2.08. The van der Waals surface area contributed by atoms with Crippen molar-refractivity contribution < 1.29 is 47.6 Å². The minimum Gasteiger partial charge on any atom is -0.462 e. The van der Waals surface area contributed by atoms with Gasteiger partial charge in [0.05, 0.1) is 26.4 Å². The second kappa shape index (κ2) is 15.7. The van der Waals surface area contributed by atoms with E-state index in [-0.39, 0.29) is 79.2 Å². The average molecular weight is 406 g/mol. The maximum atomic E-state index is 11.5. The second-order valence-corrected chi connectivity index (χ2v) is 5.35. The van der Waals surface area contributed by atoms with Gasteiger partial charge in [-0.3, -0.25) is 9.59 Å². The normalized spacial score (nSPS) is 21.4. The van der Waals surface area contributed by atoms with Crippen molar-refractivity contribution in [2.45, 2.75) is 0 Å². The summed E-state index contributed by atoms with van der Waals surface area (Å²) in [7, 11) is 0. The van der Waals surface area contributed by atoms with Crippen LogP contribution < -0.4 is 10.6 Å². The summed E-state index contributed by atoms with van der Waals surface area (Å²) in [5.41, 5.74) is 0. The number of rotatable bonds is 0. The Morgan fingerprint density at radius 2 is 0.929 bits per heavy atom. The van der Waals surface area contributed by atoms with Gasteiger partial charge in [0.25, 0.3) is 0 Å². The predicted octanol–water partition coefficient (Wildman–Crippen LogP) is -2.61. The maximum absolute atomic E-state index is 11.5. The average Bonchev–Trinajstić information content (AvgIpc) is 2.65. The van der Waals surface area contributed by atoms with E-state index < -0.39 is 23.8 Å². The van der Waals surface area contributed by atoms with E-state index in [2.05, 4.69) is 10.6 Å². The van der Waals surface area contributed by atoms with Gasteiger partial charge in [-0.1, -0.05) is 0 Å². The molecule has 1 saturated heterocycles. The zero-order chi connectivity index (χ0) is 20.5. The summed E-state index contributed by atoms with van der Waals surface area (Å²) >= 11 is 0. The van der Waals surface area contributed by atoms with E-state index in [1.165, 1.54) is 0 Å². The van der Waals surface area contributed by atoms with Gasteiger partial charge in [-0.15, -0.1) is 0 Å². The van der Waals surface area contributed by atoms with Crippen LogP contribution in [0, 0.1) is 0 Å². The van der Waals surface area contributed by atoms with Crippen LogP contribution in [-0.2, 0) is 47.6 Å². The Morgan fingerprint density at radius 1 is 0.500 bits per heavy atom. The minimum atomic E-state index is -0.625. The molecule has 12 heteroatoms. The molecule has 0 aromatic rings. The Morgan fingerprint density at radius 3 is 1.39 bits per heavy atom. The van der Waals surface area contributed by atoms with E-state index in [0.29, 0.717) is 0 Å². The molecular weight excluding hydrogens is 380 g/mol. The van der Waals surface area contributed by atoms with Gasteiger partial charge < -0.3 is 39.1 Å². The van der Waals surface area contributed by atoms with Crippen LogP contribution in [0.15, 0.2) is 0 Å². The largest absolute Gasteiger partial charge is 0.462 e. The summed E-state index contributed by atoms with van der Waals surface area (Å²) in [6.07, 6.45) is 0. The smallest absolute Gasteiger partial charge is 0.332 e. The Hall–Kier alpha value is -2.28. The molecule has 0 aromatic carbocycles. The van der Waals surface area contributed by atoms with Crippen LogP contribution in [0.1, 0.15) is 0 Å². The number of esters is 2. The van der Waals surface area contributed by atoms with Crippen molar-refractivity contribution in [3.63, 3.8) is 0 Å². The zero-order valence-corrected chi connectivity index (χ0v) is 15.6. The molecule has 28 heavy (non-hydrogen) atoms. The Labute approximate surface area is 162 Å². The van der Waals surface area contributed by atoms with Gasteiger partial charge in [0.15, 0.2) is 0 Å². The first-order chi connectivity index (χ1) is 13.6. The minimum absolute atomic E-state index is 0.00209. The lowest BCUT2D eigenvalue weighted by Crippen LogP contribution is -2.33. The van der Waals surface area contributed by atoms with Crippen LogP contribution >= 0.6 is 0 Å². The predicted molar refractivity (Wildman–Crippen MR) is 91.2 cm³/mol. The molecule has 0 aliphatic carbocycles. The third kappa shape index (κ3) is 13.9. The van der Waals surface area contributed by atoms with Gasteiger partial charge in [0.1, 0.15) is 39.6 Å². The quantitative estimate of drug-likeness (QED) is 0.410. The number of hydrogen-bond acceptors (Lipinski definition) is 10. The highest BCUT2D eigenvalue weighted by molar-refractivity contribution is 5.78. The molecule has 0 bridgehead atoms. The van der Waals surface area contributed by atoms with Crippen LogP contribution in [0.2, 0.25) is 0 Å². The van der Waals surface area contributed by atoms with Gasteiger partial charge in [0, 0.05) is 13.1 Å². The first kappa shape index (κ1) is 23.8. The number of hydrogen-bond donors (Lipinski definition) is 2. The van der Waals surface area contributed by atoms with Crippen molar-refractivity contribution in [2.24, 2.45) is 0 Å². The van der Waals surface area contributed by atoms with E-state index in [1.807, 2.05) is 0 Å². The summed E-state index contributed by atoms with van der Waals surface area (Å²) in [6, 6.07) is 0. The van der Waals surface area contributed by atoms with Crippen molar-refractivity contribution in [3.05, 3.63) is 0 Å². The van der Waals surface area contributed by atoms with Crippen molar-refractivity contribution in [2.75, 3.05) is 79.2 Å². The standard InChI is InChI=1S/C16H26N2O10/c19-13-9-25-11-15(21)27-7-5-24-6-8-28-16(22)12-26-10-14(20)18-2-4-23-3-1-17-13/h1-12H2,(H,17,19)(H,18,20). The highest BCUT2D eigenvalue weighted by Crippen LogP contribution is 1.87. The first-order valence-corrected chi connectivity index (χ1v) is 8.73. The summed E-state index contributed by atoms with van der Waals surface area (Å²) < 4.78 is 29.9. The molecule has 0 unspecified atom stereocenters. The van der Waals surface area contributed by atoms with E-state index in [1.54, 1.807) is 0 Å². The fourth-order valence-electron chi connectivity index (χ4n) is 1.80. The third-order valence-corrected chi connectivity index (χ3v) is 3.02. The number of carbonyl (C=O) groups is 4.